The van der Waals surface area contributed by atoms with Crippen molar-refractivity contribution in [3.05, 3.63) is 29.8 Å². The molecule has 106 valence electrons. The summed E-state index contributed by atoms with van der Waals surface area (Å²) in [6.45, 7) is 8.48. The van der Waals surface area contributed by atoms with Crippen LogP contribution in [-0.4, -0.2) is 12.6 Å². The first kappa shape index (κ1) is 14.4. The van der Waals surface area contributed by atoms with Crippen molar-refractivity contribution >= 4 is 0 Å². The Morgan fingerprint density at radius 3 is 2.47 bits per heavy atom. The lowest BCUT2D eigenvalue weighted by atomic mass is 9.79. The summed E-state index contributed by atoms with van der Waals surface area (Å²) in [7, 11) is 0. The van der Waals surface area contributed by atoms with E-state index in [0.717, 1.165) is 30.7 Å². The Balaban J connectivity index is 1.79. The minimum atomic E-state index is 0.692. The third-order valence-corrected chi connectivity index (χ3v) is 4.43. The summed E-state index contributed by atoms with van der Waals surface area (Å²) in [4.78, 5) is 0. The number of ether oxygens (including phenoxy) is 1. The van der Waals surface area contributed by atoms with E-state index >= 15 is 0 Å². The van der Waals surface area contributed by atoms with Crippen LogP contribution in [-0.2, 0) is 6.54 Å². The molecule has 0 bridgehead atoms. The number of nitrogens with one attached hydrogen (secondary N) is 1. The molecule has 1 fully saturated rings. The molecule has 1 aliphatic carbocycles. The summed E-state index contributed by atoms with van der Waals surface area (Å²) in [6.07, 6.45) is 4.00. The molecule has 0 amide bonds. The van der Waals surface area contributed by atoms with Crippen LogP contribution >= 0.6 is 0 Å². The molecular formula is C17H27NO. The molecule has 0 spiro atoms. The van der Waals surface area contributed by atoms with Gasteiger partial charge >= 0.3 is 0 Å². The quantitative estimate of drug-likeness (QED) is 0.865. The van der Waals surface area contributed by atoms with E-state index in [1.54, 1.807) is 0 Å². The lowest BCUT2D eigenvalue weighted by Crippen LogP contribution is -2.35. The second kappa shape index (κ2) is 6.95. The van der Waals surface area contributed by atoms with Crippen molar-refractivity contribution < 1.29 is 4.74 Å². The van der Waals surface area contributed by atoms with Gasteiger partial charge in [-0.25, -0.2) is 0 Å². The predicted octanol–water partition coefficient (Wildman–Crippen LogP) is 4.00. The van der Waals surface area contributed by atoms with Gasteiger partial charge in [0.05, 0.1) is 6.61 Å². The van der Waals surface area contributed by atoms with Crippen molar-refractivity contribution in [2.75, 3.05) is 6.61 Å². The van der Waals surface area contributed by atoms with Gasteiger partial charge in [0, 0.05) is 12.6 Å². The van der Waals surface area contributed by atoms with E-state index in [9.17, 15) is 0 Å². The van der Waals surface area contributed by atoms with Crippen LogP contribution in [0.2, 0.25) is 0 Å². The second-order valence-corrected chi connectivity index (χ2v) is 5.92. The average Bonchev–Trinajstić information content (AvgIpc) is 2.42. The van der Waals surface area contributed by atoms with Gasteiger partial charge in [0.1, 0.15) is 5.75 Å². The molecule has 1 aliphatic rings. The van der Waals surface area contributed by atoms with Crippen LogP contribution < -0.4 is 10.1 Å². The smallest absolute Gasteiger partial charge is 0.119 e. The van der Waals surface area contributed by atoms with Gasteiger partial charge in [-0.1, -0.05) is 26.0 Å². The normalized spacial score (nSPS) is 27.2. The Morgan fingerprint density at radius 2 is 1.84 bits per heavy atom. The summed E-state index contributed by atoms with van der Waals surface area (Å²) in [6, 6.07) is 9.13. The van der Waals surface area contributed by atoms with Crippen molar-refractivity contribution in [3.8, 4) is 5.75 Å². The van der Waals surface area contributed by atoms with Crippen molar-refractivity contribution in [1.82, 2.24) is 5.32 Å². The topological polar surface area (TPSA) is 21.3 Å². The van der Waals surface area contributed by atoms with Gasteiger partial charge in [0.2, 0.25) is 0 Å². The lowest BCUT2D eigenvalue weighted by molar-refractivity contribution is 0.225. The summed E-state index contributed by atoms with van der Waals surface area (Å²) in [5, 5.41) is 3.70. The first-order chi connectivity index (χ1) is 9.19. The van der Waals surface area contributed by atoms with Crippen LogP contribution in [0.25, 0.3) is 0 Å². The van der Waals surface area contributed by atoms with Crippen LogP contribution in [0.15, 0.2) is 24.3 Å². The van der Waals surface area contributed by atoms with Crippen LogP contribution in [0.5, 0.6) is 5.75 Å². The third kappa shape index (κ3) is 4.24. The van der Waals surface area contributed by atoms with E-state index in [2.05, 4.69) is 43.4 Å². The highest BCUT2D eigenvalue weighted by Crippen LogP contribution is 2.29. The Bertz CT molecular complexity index is 373. The van der Waals surface area contributed by atoms with E-state index < -0.39 is 0 Å². The Kier molecular flexibility index (Phi) is 5.26. The molecule has 3 unspecified atom stereocenters. The van der Waals surface area contributed by atoms with E-state index in [0.29, 0.717) is 6.04 Å². The molecule has 3 atom stereocenters. The largest absolute Gasteiger partial charge is 0.494 e. The van der Waals surface area contributed by atoms with E-state index in [-0.39, 0.29) is 0 Å². The average molecular weight is 261 g/mol. The molecule has 1 aromatic rings. The van der Waals surface area contributed by atoms with Gasteiger partial charge < -0.3 is 10.1 Å². The highest BCUT2D eigenvalue weighted by atomic mass is 16.5. The molecule has 1 aromatic carbocycles. The number of hydrogen-bond donors (Lipinski definition) is 1. The molecule has 0 radical (unpaired) electrons. The third-order valence-electron chi connectivity index (χ3n) is 4.43. The Labute approximate surface area is 117 Å². The monoisotopic (exact) mass is 261 g/mol. The molecule has 0 aliphatic heterocycles. The molecule has 1 N–H and O–H groups in total. The molecule has 0 aromatic heterocycles. The van der Waals surface area contributed by atoms with Gasteiger partial charge in [0.15, 0.2) is 0 Å². The first-order valence-corrected chi connectivity index (χ1v) is 7.64. The molecule has 0 saturated heterocycles. The minimum Gasteiger partial charge on any atom is -0.494 e. The fourth-order valence-electron chi connectivity index (χ4n) is 2.87. The summed E-state index contributed by atoms with van der Waals surface area (Å²) < 4.78 is 5.46. The molecule has 2 rings (SSSR count). The first-order valence-electron chi connectivity index (χ1n) is 7.64. The molecule has 2 nitrogen and oxygen atoms in total. The predicted molar refractivity (Wildman–Crippen MR) is 80.4 cm³/mol. The maximum absolute atomic E-state index is 5.46. The SMILES string of the molecule is CCOc1ccc(CNC2CCC(C)C(C)C2)cc1. The summed E-state index contributed by atoms with van der Waals surface area (Å²) in [5.74, 6) is 2.71. The van der Waals surface area contributed by atoms with Gasteiger partial charge in [-0.2, -0.15) is 0 Å². The molecule has 0 heterocycles. The number of rotatable bonds is 5. The van der Waals surface area contributed by atoms with Crippen LogP contribution in [0.3, 0.4) is 0 Å². The maximum Gasteiger partial charge on any atom is 0.119 e. The van der Waals surface area contributed by atoms with Crippen LogP contribution in [0.4, 0.5) is 0 Å². The van der Waals surface area contributed by atoms with E-state index in [1.165, 1.54) is 24.8 Å². The van der Waals surface area contributed by atoms with Gasteiger partial charge in [-0.15, -0.1) is 0 Å². The highest BCUT2D eigenvalue weighted by molar-refractivity contribution is 5.27. The van der Waals surface area contributed by atoms with Gasteiger partial charge in [0.25, 0.3) is 0 Å². The molecule has 1 saturated carbocycles. The second-order valence-electron chi connectivity index (χ2n) is 5.92. The zero-order chi connectivity index (χ0) is 13.7. The zero-order valence-electron chi connectivity index (χ0n) is 12.5. The number of benzene rings is 1. The lowest BCUT2D eigenvalue weighted by Gasteiger charge is -2.32. The van der Waals surface area contributed by atoms with Gasteiger partial charge in [-0.05, 0) is 55.7 Å². The van der Waals surface area contributed by atoms with E-state index in [1.807, 2.05) is 6.92 Å². The van der Waals surface area contributed by atoms with Crippen molar-refractivity contribution in [2.45, 2.75) is 52.6 Å². The van der Waals surface area contributed by atoms with Crippen molar-refractivity contribution in [1.29, 1.82) is 0 Å². The molecule has 2 heteroatoms. The maximum atomic E-state index is 5.46. The summed E-state index contributed by atoms with van der Waals surface area (Å²) in [5.41, 5.74) is 1.34. The minimum absolute atomic E-state index is 0.692. The molecule has 19 heavy (non-hydrogen) atoms. The fraction of sp³-hybridized carbons (Fsp3) is 0.647. The highest BCUT2D eigenvalue weighted by Gasteiger charge is 2.23. The van der Waals surface area contributed by atoms with E-state index in [4.69, 9.17) is 4.74 Å². The van der Waals surface area contributed by atoms with Gasteiger partial charge in [-0.3, -0.25) is 0 Å². The number of hydrogen-bond acceptors (Lipinski definition) is 2. The fourth-order valence-corrected chi connectivity index (χ4v) is 2.87. The van der Waals surface area contributed by atoms with Crippen LogP contribution in [0.1, 0.15) is 45.6 Å². The van der Waals surface area contributed by atoms with Crippen molar-refractivity contribution in [3.63, 3.8) is 0 Å². The Morgan fingerprint density at radius 1 is 1.11 bits per heavy atom. The standard InChI is InChI=1S/C17H27NO/c1-4-19-17-9-6-15(7-10-17)12-18-16-8-5-13(2)14(3)11-16/h6-7,9-10,13-14,16,18H,4-5,8,11-12H2,1-3H3. The zero-order valence-corrected chi connectivity index (χ0v) is 12.5. The Hall–Kier alpha value is -1.02. The van der Waals surface area contributed by atoms with Crippen molar-refractivity contribution in [2.24, 2.45) is 11.8 Å². The van der Waals surface area contributed by atoms with Crippen LogP contribution in [0, 0.1) is 11.8 Å². The summed E-state index contributed by atoms with van der Waals surface area (Å²) >= 11 is 0. The molecular weight excluding hydrogens is 234 g/mol.